The number of alkyl halides is 2. The maximum atomic E-state index is 12.3. The van der Waals surface area contributed by atoms with Gasteiger partial charge in [0, 0.05) is 5.56 Å². The smallest absolute Gasteiger partial charge is 0.387 e. The summed E-state index contributed by atoms with van der Waals surface area (Å²) >= 11 is 0. The summed E-state index contributed by atoms with van der Waals surface area (Å²) in [6, 6.07) is 9.85. The number of carboxylic acids is 1. The largest absolute Gasteiger partial charge is 0.493 e. The number of ether oxygens (including phenoxy) is 2. The average Bonchev–Trinajstić information content (AvgIpc) is 2.59. The van der Waals surface area contributed by atoms with Crippen LogP contribution in [0, 0.1) is 0 Å². The highest BCUT2D eigenvalue weighted by molar-refractivity contribution is 6.07. The molecule has 0 spiro atoms. The van der Waals surface area contributed by atoms with Gasteiger partial charge in [-0.2, -0.15) is 8.78 Å². The quantitative estimate of drug-likeness (QED) is 0.607. The molecule has 0 saturated carbocycles. The van der Waals surface area contributed by atoms with Crippen molar-refractivity contribution >= 4 is 17.8 Å². The van der Waals surface area contributed by atoms with Crippen LogP contribution in [0.25, 0.3) is 6.08 Å². The van der Waals surface area contributed by atoms with Gasteiger partial charge in [-0.05, 0) is 42.0 Å². The highest BCUT2D eigenvalue weighted by Crippen LogP contribution is 2.29. The number of allylic oxidation sites excluding steroid dienone is 1. The van der Waals surface area contributed by atoms with Crippen LogP contribution in [0.5, 0.6) is 11.5 Å². The summed E-state index contributed by atoms with van der Waals surface area (Å²) in [4.78, 5) is 22.9. The summed E-state index contributed by atoms with van der Waals surface area (Å²) in [6.45, 7) is -3.00. The Kier molecular flexibility index (Phi) is 5.84. The van der Waals surface area contributed by atoms with Crippen LogP contribution in [0.4, 0.5) is 8.78 Å². The zero-order valence-electron chi connectivity index (χ0n) is 13.1. The molecule has 0 aromatic heterocycles. The fourth-order valence-electron chi connectivity index (χ4n) is 2.02. The molecule has 2 aromatic rings. The Hall–Kier alpha value is -3.22. The van der Waals surface area contributed by atoms with E-state index < -0.39 is 12.6 Å². The Morgan fingerprint density at radius 3 is 2.24 bits per heavy atom. The van der Waals surface area contributed by atoms with Crippen LogP contribution in [-0.4, -0.2) is 30.6 Å². The van der Waals surface area contributed by atoms with Gasteiger partial charge in [0.2, 0.25) is 0 Å². The van der Waals surface area contributed by atoms with Crippen molar-refractivity contribution in [2.75, 3.05) is 7.11 Å². The van der Waals surface area contributed by atoms with Gasteiger partial charge in [0.15, 0.2) is 17.3 Å². The third-order valence-corrected chi connectivity index (χ3v) is 3.25. The van der Waals surface area contributed by atoms with Crippen molar-refractivity contribution in [3.8, 4) is 11.5 Å². The number of ketones is 1. The van der Waals surface area contributed by atoms with E-state index in [-0.39, 0.29) is 28.4 Å². The topological polar surface area (TPSA) is 72.8 Å². The first-order valence-electron chi connectivity index (χ1n) is 7.09. The van der Waals surface area contributed by atoms with Gasteiger partial charge in [-0.25, -0.2) is 4.79 Å². The lowest BCUT2D eigenvalue weighted by Crippen LogP contribution is -2.04. The van der Waals surface area contributed by atoms with Crippen LogP contribution in [0.2, 0.25) is 0 Å². The second kappa shape index (κ2) is 8.05. The van der Waals surface area contributed by atoms with Crippen molar-refractivity contribution in [3.05, 3.63) is 65.2 Å². The molecular formula is C18H14F2O5. The maximum Gasteiger partial charge on any atom is 0.387 e. The summed E-state index contributed by atoms with van der Waals surface area (Å²) in [6.07, 6.45) is 2.81. The van der Waals surface area contributed by atoms with Gasteiger partial charge in [0.05, 0.1) is 12.7 Å². The molecule has 2 rings (SSSR count). The minimum absolute atomic E-state index is 0.0189. The minimum atomic E-state index is -3.00. The normalized spacial score (nSPS) is 10.9. The Bertz CT molecular complexity index is 798. The molecule has 0 aliphatic rings. The molecular weight excluding hydrogens is 334 g/mol. The van der Waals surface area contributed by atoms with Gasteiger partial charge >= 0.3 is 12.6 Å². The summed E-state index contributed by atoms with van der Waals surface area (Å²) in [7, 11) is 1.28. The van der Waals surface area contributed by atoms with Gasteiger partial charge in [-0.1, -0.05) is 18.2 Å². The molecule has 0 heterocycles. The summed E-state index contributed by atoms with van der Waals surface area (Å²) in [5.74, 6) is -1.55. The number of carbonyl (C=O) groups is 2. The second-order valence-electron chi connectivity index (χ2n) is 4.87. The van der Waals surface area contributed by atoms with Gasteiger partial charge in [0.1, 0.15) is 0 Å². The lowest BCUT2D eigenvalue weighted by molar-refractivity contribution is -0.0512. The van der Waals surface area contributed by atoms with Gasteiger partial charge < -0.3 is 14.6 Å². The first kappa shape index (κ1) is 18.1. The molecule has 0 aliphatic heterocycles. The number of methoxy groups -OCH3 is 1. The monoisotopic (exact) mass is 348 g/mol. The number of carbonyl (C=O) groups excluding carboxylic acids is 1. The molecule has 25 heavy (non-hydrogen) atoms. The van der Waals surface area contributed by atoms with E-state index in [0.29, 0.717) is 5.56 Å². The molecule has 2 aromatic carbocycles. The SMILES string of the molecule is COc1cc(C(=O)C=Cc2ccc(C(=O)O)cc2)ccc1OC(F)F. The van der Waals surface area contributed by atoms with Crippen molar-refractivity contribution in [1.82, 2.24) is 0 Å². The van der Waals surface area contributed by atoms with Crippen molar-refractivity contribution in [1.29, 1.82) is 0 Å². The first-order chi connectivity index (χ1) is 11.9. The molecule has 130 valence electrons. The minimum Gasteiger partial charge on any atom is -0.493 e. The van der Waals surface area contributed by atoms with E-state index in [2.05, 4.69) is 4.74 Å². The second-order valence-corrected chi connectivity index (χ2v) is 4.87. The van der Waals surface area contributed by atoms with Crippen molar-refractivity contribution in [2.45, 2.75) is 6.61 Å². The van der Waals surface area contributed by atoms with E-state index in [1.54, 1.807) is 12.1 Å². The Morgan fingerprint density at radius 1 is 1.04 bits per heavy atom. The molecule has 0 saturated heterocycles. The molecule has 0 fully saturated rings. The van der Waals surface area contributed by atoms with Crippen LogP contribution >= 0.6 is 0 Å². The van der Waals surface area contributed by atoms with Crippen molar-refractivity contribution in [3.63, 3.8) is 0 Å². The predicted molar refractivity (Wildman–Crippen MR) is 86.4 cm³/mol. The van der Waals surface area contributed by atoms with Crippen molar-refractivity contribution in [2.24, 2.45) is 0 Å². The average molecular weight is 348 g/mol. The van der Waals surface area contributed by atoms with Gasteiger partial charge in [-0.15, -0.1) is 0 Å². The van der Waals surface area contributed by atoms with Crippen LogP contribution in [0.1, 0.15) is 26.3 Å². The number of rotatable bonds is 7. The number of benzene rings is 2. The van der Waals surface area contributed by atoms with E-state index in [9.17, 15) is 18.4 Å². The summed E-state index contributed by atoms with van der Waals surface area (Å²) in [5.41, 5.74) is 1.02. The molecule has 0 unspecified atom stereocenters. The number of halogens is 2. The van der Waals surface area contributed by atoms with Gasteiger partial charge in [0.25, 0.3) is 0 Å². The number of hydrogen-bond acceptors (Lipinski definition) is 4. The number of carboxylic acid groups (broad SMARTS) is 1. The maximum absolute atomic E-state index is 12.3. The Balaban J connectivity index is 2.15. The predicted octanol–water partition coefficient (Wildman–Crippen LogP) is 3.89. The molecule has 1 N–H and O–H groups in total. The van der Waals surface area contributed by atoms with Crippen LogP contribution < -0.4 is 9.47 Å². The van der Waals surface area contributed by atoms with E-state index in [0.717, 1.165) is 0 Å². The highest BCUT2D eigenvalue weighted by atomic mass is 19.3. The Morgan fingerprint density at radius 2 is 1.68 bits per heavy atom. The third kappa shape index (κ3) is 4.87. The van der Waals surface area contributed by atoms with Crippen LogP contribution in [0.3, 0.4) is 0 Å². The highest BCUT2D eigenvalue weighted by Gasteiger charge is 2.13. The van der Waals surface area contributed by atoms with E-state index >= 15 is 0 Å². The van der Waals surface area contributed by atoms with E-state index in [1.807, 2.05) is 0 Å². The lowest BCUT2D eigenvalue weighted by Gasteiger charge is -2.10. The summed E-state index contributed by atoms with van der Waals surface area (Å²) < 4.78 is 33.8. The van der Waals surface area contributed by atoms with Gasteiger partial charge in [-0.3, -0.25) is 4.79 Å². The summed E-state index contributed by atoms with van der Waals surface area (Å²) in [5, 5.41) is 8.83. The molecule has 0 radical (unpaired) electrons. The third-order valence-electron chi connectivity index (χ3n) is 3.25. The van der Waals surface area contributed by atoms with Crippen molar-refractivity contribution < 1.29 is 33.0 Å². The molecule has 0 amide bonds. The molecule has 5 nitrogen and oxygen atoms in total. The molecule has 7 heteroatoms. The van der Waals surface area contributed by atoms with Crippen LogP contribution in [0.15, 0.2) is 48.5 Å². The standard InChI is InChI=1S/C18H14F2O5/c1-24-16-10-13(7-9-15(16)25-18(19)20)14(21)8-4-11-2-5-12(6-3-11)17(22)23/h2-10,18H,1H3,(H,22,23). The lowest BCUT2D eigenvalue weighted by atomic mass is 10.1. The molecule has 0 atom stereocenters. The number of hydrogen-bond donors (Lipinski definition) is 1. The zero-order valence-corrected chi connectivity index (χ0v) is 13.1. The van der Waals surface area contributed by atoms with E-state index in [1.165, 1.54) is 49.6 Å². The fraction of sp³-hybridized carbons (Fsp3) is 0.111. The van der Waals surface area contributed by atoms with E-state index in [4.69, 9.17) is 9.84 Å². The fourth-order valence-corrected chi connectivity index (χ4v) is 2.02. The molecule has 0 bridgehead atoms. The molecule has 0 aliphatic carbocycles. The zero-order chi connectivity index (χ0) is 18.4. The number of aromatic carboxylic acids is 1. The van der Waals surface area contributed by atoms with Crippen LogP contribution in [-0.2, 0) is 0 Å². The first-order valence-corrected chi connectivity index (χ1v) is 7.09. The Labute approximate surface area is 142 Å².